The summed E-state index contributed by atoms with van der Waals surface area (Å²) in [6.07, 6.45) is 0. The molecule has 0 saturated heterocycles. The Kier molecular flexibility index (Phi) is 8.39. The molecule has 10 rings (SSSR count). The van der Waals surface area contributed by atoms with E-state index in [9.17, 15) is 0 Å². The summed E-state index contributed by atoms with van der Waals surface area (Å²) in [5, 5.41) is 0. The fourth-order valence-electron chi connectivity index (χ4n) is 7.15. The highest BCUT2D eigenvalue weighted by Gasteiger charge is 2.17. The molecule has 0 amide bonds. The minimum atomic E-state index is 0.595. The molecule has 0 fully saturated rings. The van der Waals surface area contributed by atoms with Gasteiger partial charge in [0.15, 0.2) is 11.2 Å². The first-order valence-corrected chi connectivity index (χ1v) is 18.6. The maximum Gasteiger partial charge on any atom is 0.227 e. The molecule has 0 aliphatic heterocycles. The van der Waals surface area contributed by atoms with Crippen LogP contribution in [0, 0.1) is 0 Å². The number of aromatic nitrogens is 2. The van der Waals surface area contributed by atoms with E-state index >= 15 is 0 Å². The van der Waals surface area contributed by atoms with E-state index in [1.807, 2.05) is 60.7 Å². The largest absolute Gasteiger partial charge is 0.436 e. The van der Waals surface area contributed by atoms with Crippen LogP contribution in [0.15, 0.2) is 215 Å². The summed E-state index contributed by atoms with van der Waals surface area (Å²) in [5.74, 6) is 1.19. The van der Waals surface area contributed by atoms with Crippen molar-refractivity contribution in [3.05, 3.63) is 206 Å². The predicted octanol–water partition coefficient (Wildman–Crippen LogP) is 13.9. The van der Waals surface area contributed by atoms with Gasteiger partial charge in [-0.15, -0.1) is 0 Å². The van der Waals surface area contributed by atoms with Crippen LogP contribution in [-0.4, -0.2) is 9.97 Å². The fourth-order valence-corrected chi connectivity index (χ4v) is 7.15. The molecule has 0 bridgehead atoms. The van der Waals surface area contributed by atoms with Crippen LogP contribution >= 0.6 is 0 Å². The number of fused-ring (bicyclic) bond motifs is 2. The van der Waals surface area contributed by atoms with Crippen LogP contribution < -0.4 is 9.80 Å². The summed E-state index contributed by atoms with van der Waals surface area (Å²) in [7, 11) is 0. The van der Waals surface area contributed by atoms with Gasteiger partial charge in [0.1, 0.15) is 11.0 Å². The third kappa shape index (κ3) is 6.35. The molecule has 2 aromatic heterocycles. The number of para-hydroxylation sites is 6. The monoisotopic (exact) mass is 722 g/mol. The molecule has 0 aliphatic carbocycles. The molecule has 266 valence electrons. The van der Waals surface area contributed by atoms with E-state index in [4.69, 9.17) is 18.8 Å². The summed E-state index contributed by atoms with van der Waals surface area (Å²) in [5.41, 5.74) is 13.6. The van der Waals surface area contributed by atoms with Crippen LogP contribution in [0.1, 0.15) is 0 Å². The minimum absolute atomic E-state index is 0.595. The van der Waals surface area contributed by atoms with Crippen LogP contribution in [0.4, 0.5) is 34.1 Å². The lowest BCUT2D eigenvalue weighted by atomic mass is 10.0. The summed E-state index contributed by atoms with van der Waals surface area (Å²) in [6, 6.07) is 70.7. The smallest absolute Gasteiger partial charge is 0.227 e. The number of nitrogens with zero attached hydrogens (tertiary/aromatic N) is 4. The van der Waals surface area contributed by atoms with Gasteiger partial charge in [0.2, 0.25) is 11.8 Å². The van der Waals surface area contributed by atoms with E-state index in [1.165, 1.54) is 0 Å². The van der Waals surface area contributed by atoms with Crippen molar-refractivity contribution in [3.63, 3.8) is 0 Å². The van der Waals surface area contributed by atoms with E-state index in [-0.39, 0.29) is 0 Å². The molecule has 2 heterocycles. The molecule has 0 atom stereocenters. The lowest BCUT2D eigenvalue weighted by molar-refractivity contribution is 0.619. The SMILES string of the molecule is c1ccc(N(c2ccccc2)c2ccc(-c3ccc(N(c4ccc(-c5nc6ccccc6o5)cc4)c4ccc(-c5nc6ccccc6o5)cc4)cc3)cc2)cc1. The van der Waals surface area contributed by atoms with Crippen molar-refractivity contribution in [2.45, 2.75) is 0 Å². The molecule has 6 heteroatoms. The van der Waals surface area contributed by atoms with E-state index < -0.39 is 0 Å². The number of rotatable bonds is 9. The Morgan fingerprint density at radius 3 is 0.893 bits per heavy atom. The first-order chi connectivity index (χ1) is 27.7. The quantitative estimate of drug-likeness (QED) is 0.148. The molecular weight excluding hydrogens is 689 g/mol. The van der Waals surface area contributed by atoms with Crippen molar-refractivity contribution in [1.29, 1.82) is 0 Å². The second-order valence-corrected chi connectivity index (χ2v) is 13.5. The van der Waals surface area contributed by atoms with Gasteiger partial charge in [-0.2, -0.15) is 0 Å². The van der Waals surface area contributed by atoms with Gasteiger partial charge < -0.3 is 18.6 Å². The Morgan fingerprint density at radius 1 is 0.268 bits per heavy atom. The van der Waals surface area contributed by atoms with Crippen LogP contribution in [0.25, 0.3) is 56.2 Å². The van der Waals surface area contributed by atoms with Gasteiger partial charge >= 0.3 is 0 Å². The summed E-state index contributed by atoms with van der Waals surface area (Å²) < 4.78 is 12.2. The molecule has 8 aromatic carbocycles. The van der Waals surface area contributed by atoms with Gasteiger partial charge in [0.05, 0.1) is 0 Å². The van der Waals surface area contributed by atoms with E-state index in [0.29, 0.717) is 11.8 Å². The lowest BCUT2D eigenvalue weighted by Crippen LogP contribution is -2.10. The van der Waals surface area contributed by atoms with Gasteiger partial charge in [-0.05, 0) is 132 Å². The molecule has 10 aromatic rings. The molecule has 0 spiro atoms. The number of anilines is 6. The first-order valence-electron chi connectivity index (χ1n) is 18.6. The Bertz CT molecular complexity index is 2660. The van der Waals surface area contributed by atoms with Crippen molar-refractivity contribution in [3.8, 4) is 34.0 Å². The van der Waals surface area contributed by atoms with Gasteiger partial charge in [0.25, 0.3) is 0 Å². The standard InChI is InChI=1S/C50H34N4O2/c1-3-11-39(12-4-1)53(40-13-5-2-6-14-40)41-27-19-35(20-28-41)36-21-29-42(30-22-36)54(43-31-23-37(24-32-43)49-51-45-15-7-9-17-47(45)55-49)44-33-25-38(26-34-44)50-52-46-16-8-10-18-48(46)56-50/h1-34H. The molecule has 0 N–H and O–H groups in total. The number of hydrogen-bond donors (Lipinski definition) is 0. The second kappa shape index (κ2) is 14.3. The molecule has 0 aliphatic rings. The highest BCUT2D eigenvalue weighted by atomic mass is 16.4. The minimum Gasteiger partial charge on any atom is -0.436 e. The Hall–Kier alpha value is -7.70. The van der Waals surface area contributed by atoms with Crippen molar-refractivity contribution in [1.82, 2.24) is 9.97 Å². The van der Waals surface area contributed by atoms with Crippen molar-refractivity contribution in [2.75, 3.05) is 9.80 Å². The average molecular weight is 723 g/mol. The topological polar surface area (TPSA) is 58.5 Å². The van der Waals surface area contributed by atoms with Crippen LogP contribution in [0.2, 0.25) is 0 Å². The van der Waals surface area contributed by atoms with Crippen LogP contribution in [-0.2, 0) is 0 Å². The second-order valence-electron chi connectivity index (χ2n) is 13.5. The maximum absolute atomic E-state index is 6.08. The number of oxazole rings is 2. The Morgan fingerprint density at radius 2 is 0.554 bits per heavy atom. The third-order valence-electron chi connectivity index (χ3n) is 9.95. The molecule has 56 heavy (non-hydrogen) atoms. The molecule has 0 saturated carbocycles. The lowest BCUT2D eigenvalue weighted by Gasteiger charge is -2.26. The zero-order valence-corrected chi connectivity index (χ0v) is 30.2. The van der Waals surface area contributed by atoms with Gasteiger partial charge in [0, 0.05) is 45.3 Å². The number of benzene rings is 8. The Labute approximate surface area is 324 Å². The van der Waals surface area contributed by atoms with Crippen molar-refractivity contribution < 1.29 is 8.83 Å². The highest BCUT2D eigenvalue weighted by molar-refractivity contribution is 5.83. The predicted molar refractivity (Wildman–Crippen MR) is 227 cm³/mol. The van der Waals surface area contributed by atoms with Crippen LogP contribution in [0.3, 0.4) is 0 Å². The van der Waals surface area contributed by atoms with Crippen LogP contribution in [0.5, 0.6) is 0 Å². The Balaban J connectivity index is 0.977. The average Bonchev–Trinajstić information content (AvgIpc) is 3.91. The molecule has 6 nitrogen and oxygen atoms in total. The fraction of sp³-hybridized carbons (Fsp3) is 0. The van der Waals surface area contributed by atoms with E-state index in [1.54, 1.807) is 0 Å². The third-order valence-corrected chi connectivity index (χ3v) is 9.95. The highest BCUT2D eigenvalue weighted by Crippen LogP contribution is 2.39. The summed E-state index contributed by atoms with van der Waals surface area (Å²) in [6.45, 7) is 0. The van der Waals surface area contributed by atoms with Gasteiger partial charge in [-0.25, -0.2) is 9.97 Å². The van der Waals surface area contributed by atoms with E-state index in [2.05, 4.69) is 155 Å². The zero-order valence-electron chi connectivity index (χ0n) is 30.2. The van der Waals surface area contributed by atoms with Gasteiger partial charge in [-0.1, -0.05) is 84.9 Å². The van der Waals surface area contributed by atoms with Crippen molar-refractivity contribution in [2.24, 2.45) is 0 Å². The van der Waals surface area contributed by atoms with E-state index in [0.717, 1.165) is 78.6 Å². The number of hydrogen-bond acceptors (Lipinski definition) is 6. The summed E-state index contributed by atoms with van der Waals surface area (Å²) >= 11 is 0. The van der Waals surface area contributed by atoms with Gasteiger partial charge in [-0.3, -0.25) is 0 Å². The first kappa shape index (κ1) is 32.9. The molecule has 0 radical (unpaired) electrons. The molecular formula is C50H34N4O2. The normalized spacial score (nSPS) is 11.2. The zero-order chi connectivity index (χ0) is 37.3. The molecule has 0 unspecified atom stereocenters. The summed E-state index contributed by atoms with van der Waals surface area (Å²) in [4.78, 5) is 13.9. The maximum atomic E-state index is 6.08. The van der Waals surface area contributed by atoms with Crippen molar-refractivity contribution >= 4 is 56.3 Å².